The Hall–Kier alpha value is -2.40. The molecule has 0 fully saturated rings. The smallest absolute Gasteiger partial charge is 0.260 e. The van der Waals surface area contributed by atoms with E-state index in [2.05, 4.69) is 10.1 Å². The van der Waals surface area contributed by atoms with Gasteiger partial charge in [-0.2, -0.15) is 4.98 Å². The van der Waals surface area contributed by atoms with Gasteiger partial charge in [0.1, 0.15) is 5.82 Å². The number of halogens is 2. The highest BCUT2D eigenvalue weighted by Gasteiger charge is 2.15. The van der Waals surface area contributed by atoms with E-state index in [0.717, 1.165) is 5.56 Å². The van der Waals surface area contributed by atoms with Gasteiger partial charge in [-0.1, -0.05) is 22.8 Å². The van der Waals surface area contributed by atoms with Crippen LogP contribution in [0.1, 0.15) is 5.56 Å². The van der Waals surface area contributed by atoms with Gasteiger partial charge in [-0.3, -0.25) is 0 Å². The van der Waals surface area contributed by atoms with Crippen molar-refractivity contribution in [3.8, 4) is 22.8 Å². The van der Waals surface area contributed by atoms with Gasteiger partial charge in [0.25, 0.3) is 5.89 Å². The molecule has 0 aliphatic carbocycles. The predicted molar refractivity (Wildman–Crippen MR) is 79.3 cm³/mol. The van der Waals surface area contributed by atoms with Gasteiger partial charge in [-0.05, 0) is 42.8 Å². The number of nitrogens with zero attached hydrogens (tertiary/aromatic N) is 2. The number of nitrogens with two attached hydrogens (primary N) is 1. The average Bonchev–Trinajstić information content (AvgIpc) is 2.90. The van der Waals surface area contributed by atoms with Gasteiger partial charge in [0.15, 0.2) is 0 Å². The number of anilines is 1. The quantitative estimate of drug-likeness (QED) is 0.724. The third kappa shape index (κ3) is 2.60. The van der Waals surface area contributed by atoms with Gasteiger partial charge in [0.05, 0.1) is 16.3 Å². The molecule has 106 valence electrons. The minimum absolute atomic E-state index is 0.243. The molecule has 1 heterocycles. The van der Waals surface area contributed by atoms with E-state index in [1.165, 1.54) is 12.1 Å². The molecular weight excluding hydrogens is 293 g/mol. The Morgan fingerprint density at radius 3 is 2.81 bits per heavy atom. The van der Waals surface area contributed by atoms with Gasteiger partial charge in [0, 0.05) is 5.56 Å². The summed E-state index contributed by atoms with van der Waals surface area (Å²) in [6, 6.07) is 9.70. The Morgan fingerprint density at radius 2 is 2.05 bits per heavy atom. The fourth-order valence-corrected chi connectivity index (χ4v) is 2.21. The molecule has 4 nitrogen and oxygen atoms in total. The van der Waals surface area contributed by atoms with Crippen molar-refractivity contribution >= 4 is 17.3 Å². The molecule has 0 bridgehead atoms. The molecule has 0 radical (unpaired) electrons. The summed E-state index contributed by atoms with van der Waals surface area (Å²) in [5, 5.41) is 4.28. The SMILES string of the molecule is Cc1cc(F)cc(-c2noc(-c3cccc(Cl)c3N)n2)c1. The lowest BCUT2D eigenvalue weighted by molar-refractivity contribution is 0.432. The first-order chi connectivity index (χ1) is 10.0. The van der Waals surface area contributed by atoms with Crippen LogP contribution in [-0.4, -0.2) is 10.1 Å². The summed E-state index contributed by atoms with van der Waals surface area (Å²) >= 11 is 5.96. The molecule has 0 saturated carbocycles. The van der Waals surface area contributed by atoms with Crippen LogP contribution in [0.25, 0.3) is 22.8 Å². The third-order valence-corrected chi connectivity index (χ3v) is 3.34. The molecule has 0 atom stereocenters. The first-order valence-electron chi connectivity index (χ1n) is 6.20. The molecule has 0 aliphatic heterocycles. The second kappa shape index (κ2) is 5.18. The molecule has 2 aromatic carbocycles. The summed E-state index contributed by atoms with van der Waals surface area (Å²) in [6.07, 6.45) is 0. The van der Waals surface area contributed by atoms with Gasteiger partial charge < -0.3 is 10.3 Å². The van der Waals surface area contributed by atoms with Crippen molar-refractivity contribution in [2.45, 2.75) is 6.92 Å². The van der Waals surface area contributed by atoms with E-state index in [0.29, 0.717) is 27.7 Å². The fraction of sp³-hybridized carbons (Fsp3) is 0.0667. The van der Waals surface area contributed by atoms with Crippen LogP contribution in [0.5, 0.6) is 0 Å². The van der Waals surface area contributed by atoms with Gasteiger partial charge in [-0.15, -0.1) is 0 Å². The zero-order valence-electron chi connectivity index (χ0n) is 11.1. The zero-order valence-corrected chi connectivity index (χ0v) is 11.9. The number of aromatic nitrogens is 2. The highest BCUT2D eigenvalue weighted by molar-refractivity contribution is 6.33. The van der Waals surface area contributed by atoms with E-state index in [9.17, 15) is 4.39 Å². The third-order valence-electron chi connectivity index (χ3n) is 3.01. The first-order valence-corrected chi connectivity index (χ1v) is 6.58. The molecular formula is C15H11ClFN3O. The highest BCUT2D eigenvalue weighted by atomic mass is 35.5. The number of hydrogen-bond donors (Lipinski definition) is 1. The predicted octanol–water partition coefficient (Wildman–Crippen LogP) is 4.09. The summed E-state index contributed by atoms with van der Waals surface area (Å²) in [6.45, 7) is 1.79. The number of benzene rings is 2. The van der Waals surface area contributed by atoms with Crippen LogP contribution in [0.15, 0.2) is 40.9 Å². The average molecular weight is 304 g/mol. The number of aryl methyl sites for hydroxylation is 1. The molecule has 0 spiro atoms. The zero-order chi connectivity index (χ0) is 15.0. The summed E-state index contributed by atoms with van der Waals surface area (Å²) < 4.78 is 18.6. The molecule has 2 N–H and O–H groups in total. The minimum Gasteiger partial charge on any atom is -0.397 e. The van der Waals surface area contributed by atoms with Crippen molar-refractivity contribution < 1.29 is 8.91 Å². The maximum absolute atomic E-state index is 13.4. The van der Waals surface area contributed by atoms with Crippen molar-refractivity contribution in [2.75, 3.05) is 5.73 Å². The van der Waals surface area contributed by atoms with Crippen LogP contribution in [0.2, 0.25) is 5.02 Å². The Bertz CT molecular complexity index is 796. The van der Waals surface area contributed by atoms with E-state index >= 15 is 0 Å². The Morgan fingerprint density at radius 1 is 1.24 bits per heavy atom. The van der Waals surface area contributed by atoms with E-state index < -0.39 is 0 Å². The topological polar surface area (TPSA) is 64.9 Å². The van der Waals surface area contributed by atoms with Crippen molar-refractivity contribution in [3.63, 3.8) is 0 Å². The molecule has 0 aliphatic rings. The Kier molecular flexibility index (Phi) is 3.35. The fourth-order valence-electron chi connectivity index (χ4n) is 2.04. The molecule has 6 heteroatoms. The van der Waals surface area contributed by atoms with E-state index in [1.54, 1.807) is 31.2 Å². The molecule has 0 saturated heterocycles. The summed E-state index contributed by atoms with van der Waals surface area (Å²) in [5.41, 5.74) is 8.13. The second-order valence-electron chi connectivity index (χ2n) is 4.64. The van der Waals surface area contributed by atoms with Crippen LogP contribution in [-0.2, 0) is 0 Å². The summed E-state index contributed by atoms with van der Waals surface area (Å²) in [4.78, 5) is 4.25. The van der Waals surface area contributed by atoms with Crippen LogP contribution in [0.4, 0.5) is 10.1 Å². The van der Waals surface area contributed by atoms with E-state index in [-0.39, 0.29) is 11.7 Å². The van der Waals surface area contributed by atoms with Crippen LogP contribution >= 0.6 is 11.6 Å². The van der Waals surface area contributed by atoms with E-state index in [4.69, 9.17) is 21.9 Å². The largest absolute Gasteiger partial charge is 0.397 e. The summed E-state index contributed by atoms with van der Waals surface area (Å²) in [5.74, 6) is 0.192. The standard InChI is InChI=1S/C15H11ClFN3O/c1-8-5-9(7-10(17)6-8)14-19-15(21-20-14)11-3-2-4-12(16)13(11)18/h2-7H,18H2,1H3. The lowest BCUT2D eigenvalue weighted by Crippen LogP contribution is -1.91. The molecule has 0 unspecified atom stereocenters. The molecule has 3 rings (SSSR count). The number of nitrogen functional groups attached to an aromatic ring is 1. The highest BCUT2D eigenvalue weighted by Crippen LogP contribution is 2.31. The van der Waals surface area contributed by atoms with Gasteiger partial charge in [-0.25, -0.2) is 4.39 Å². The first kappa shape index (κ1) is 13.6. The lowest BCUT2D eigenvalue weighted by atomic mass is 10.1. The van der Waals surface area contributed by atoms with E-state index in [1.807, 2.05) is 0 Å². The van der Waals surface area contributed by atoms with Crippen LogP contribution < -0.4 is 5.73 Å². The van der Waals surface area contributed by atoms with Gasteiger partial charge in [0.2, 0.25) is 5.82 Å². The molecule has 21 heavy (non-hydrogen) atoms. The molecule has 0 amide bonds. The van der Waals surface area contributed by atoms with Gasteiger partial charge >= 0.3 is 0 Å². The molecule has 1 aromatic heterocycles. The number of para-hydroxylation sites is 1. The minimum atomic E-state index is -0.349. The van der Waals surface area contributed by atoms with Crippen molar-refractivity contribution in [1.82, 2.24) is 10.1 Å². The lowest BCUT2D eigenvalue weighted by Gasteiger charge is -2.01. The number of hydrogen-bond acceptors (Lipinski definition) is 4. The van der Waals surface area contributed by atoms with Crippen molar-refractivity contribution in [2.24, 2.45) is 0 Å². The normalized spacial score (nSPS) is 10.8. The maximum atomic E-state index is 13.4. The van der Waals surface area contributed by atoms with Crippen molar-refractivity contribution in [3.05, 3.63) is 52.8 Å². The number of rotatable bonds is 2. The second-order valence-corrected chi connectivity index (χ2v) is 5.05. The maximum Gasteiger partial charge on any atom is 0.260 e. The van der Waals surface area contributed by atoms with Crippen LogP contribution in [0, 0.1) is 12.7 Å². The molecule has 3 aromatic rings. The Labute approximate surface area is 125 Å². The van der Waals surface area contributed by atoms with Crippen molar-refractivity contribution in [1.29, 1.82) is 0 Å². The monoisotopic (exact) mass is 303 g/mol. The Balaban J connectivity index is 2.06. The summed E-state index contributed by atoms with van der Waals surface area (Å²) in [7, 11) is 0. The van der Waals surface area contributed by atoms with Crippen LogP contribution in [0.3, 0.4) is 0 Å².